The van der Waals surface area contributed by atoms with Crippen LogP contribution in [0.1, 0.15) is 18.9 Å². The van der Waals surface area contributed by atoms with Crippen LogP contribution in [0.5, 0.6) is 0 Å². The molecule has 1 aliphatic heterocycles. The predicted octanol–water partition coefficient (Wildman–Crippen LogP) is 2.46. The Hall–Kier alpha value is -0.390. The van der Waals surface area contributed by atoms with E-state index in [-0.39, 0.29) is 6.04 Å². The zero-order valence-corrected chi connectivity index (χ0v) is 12.9. The minimum atomic E-state index is -2.81. The molecule has 100 valence electrons. The molecule has 1 atom stereocenters. The maximum Gasteiger partial charge on any atom is 0.151 e. The van der Waals surface area contributed by atoms with Gasteiger partial charge in [-0.1, -0.05) is 41.1 Å². The van der Waals surface area contributed by atoms with Crippen LogP contribution in [0.15, 0.2) is 28.7 Å². The molecule has 1 heterocycles. The molecular weight excluding hydrogens is 314 g/mol. The Morgan fingerprint density at radius 3 is 2.67 bits per heavy atom. The lowest BCUT2D eigenvalue weighted by atomic mass is 10.1. The number of rotatable bonds is 4. The van der Waals surface area contributed by atoms with E-state index in [0.29, 0.717) is 11.5 Å². The highest BCUT2D eigenvalue weighted by molar-refractivity contribution is 9.10. The second-order valence-corrected chi connectivity index (χ2v) is 7.79. The Bertz CT molecular complexity index is 515. The first-order valence-corrected chi connectivity index (χ1v) is 8.81. The van der Waals surface area contributed by atoms with Crippen molar-refractivity contribution in [1.29, 1.82) is 0 Å². The van der Waals surface area contributed by atoms with Gasteiger partial charge in [0.25, 0.3) is 0 Å². The Labute approximate surface area is 117 Å². The van der Waals surface area contributed by atoms with Gasteiger partial charge in [-0.15, -0.1) is 0 Å². The number of nitrogens with zero attached hydrogens (tertiary/aromatic N) is 1. The van der Waals surface area contributed by atoms with Crippen molar-refractivity contribution in [2.75, 3.05) is 18.1 Å². The van der Waals surface area contributed by atoms with Crippen LogP contribution >= 0.6 is 15.9 Å². The third kappa shape index (κ3) is 3.33. The summed E-state index contributed by atoms with van der Waals surface area (Å²) in [4.78, 5) is 2.25. The van der Waals surface area contributed by atoms with E-state index < -0.39 is 9.84 Å². The van der Waals surface area contributed by atoms with Gasteiger partial charge in [0, 0.05) is 17.1 Å². The van der Waals surface area contributed by atoms with Gasteiger partial charge in [-0.2, -0.15) is 0 Å². The summed E-state index contributed by atoms with van der Waals surface area (Å²) < 4.78 is 24.2. The summed E-state index contributed by atoms with van der Waals surface area (Å²) in [5.41, 5.74) is 1.21. The predicted molar refractivity (Wildman–Crippen MR) is 77.3 cm³/mol. The zero-order valence-electron chi connectivity index (χ0n) is 10.5. The third-order valence-corrected chi connectivity index (χ3v) is 5.99. The van der Waals surface area contributed by atoms with Crippen LogP contribution in [0.25, 0.3) is 0 Å². The van der Waals surface area contributed by atoms with Crippen molar-refractivity contribution in [2.45, 2.75) is 25.9 Å². The Kier molecular flexibility index (Phi) is 4.45. The molecule has 1 fully saturated rings. The lowest BCUT2D eigenvalue weighted by Gasteiger charge is -2.26. The molecule has 0 spiro atoms. The highest BCUT2D eigenvalue weighted by Gasteiger charge is 2.31. The Morgan fingerprint density at radius 2 is 2.11 bits per heavy atom. The summed E-state index contributed by atoms with van der Waals surface area (Å²) in [7, 11) is -2.81. The van der Waals surface area contributed by atoms with E-state index >= 15 is 0 Å². The number of benzene rings is 1. The van der Waals surface area contributed by atoms with Crippen LogP contribution in [-0.4, -0.2) is 37.4 Å². The van der Waals surface area contributed by atoms with Gasteiger partial charge < -0.3 is 0 Å². The van der Waals surface area contributed by atoms with Gasteiger partial charge in [0.05, 0.1) is 11.5 Å². The van der Waals surface area contributed by atoms with Crippen LogP contribution in [0, 0.1) is 0 Å². The summed E-state index contributed by atoms with van der Waals surface area (Å²) in [5, 5.41) is 0. The molecule has 1 aromatic rings. The average Bonchev–Trinajstić information content (AvgIpc) is 2.68. The number of hydrogen-bond donors (Lipinski definition) is 0. The molecule has 5 heteroatoms. The molecule has 1 saturated heterocycles. The number of sulfone groups is 1. The maximum atomic E-state index is 11.5. The van der Waals surface area contributed by atoms with Gasteiger partial charge in [0.1, 0.15) is 0 Å². The number of halogens is 1. The standard InChI is InChI=1S/C13H18BrNO2S/c1-2-15(12-7-8-18(16,17)10-12)9-11-5-3-4-6-13(11)14/h3-6,12H,2,7-10H2,1H3/t12-/m0/s1. The molecule has 3 nitrogen and oxygen atoms in total. The molecule has 0 amide bonds. The van der Waals surface area contributed by atoms with Crippen molar-refractivity contribution in [3.63, 3.8) is 0 Å². The van der Waals surface area contributed by atoms with Crippen molar-refractivity contribution in [3.05, 3.63) is 34.3 Å². The topological polar surface area (TPSA) is 37.4 Å². The SMILES string of the molecule is CCN(Cc1ccccc1Br)[C@H]1CCS(=O)(=O)C1. The minimum absolute atomic E-state index is 0.173. The number of hydrogen-bond acceptors (Lipinski definition) is 3. The fraction of sp³-hybridized carbons (Fsp3) is 0.538. The fourth-order valence-corrected chi connectivity index (χ4v) is 4.58. The normalized spacial score (nSPS) is 22.5. The molecule has 0 aliphatic carbocycles. The monoisotopic (exact) mass is 331 g/mol. The van der Waals surface area contributed by atoms with Crippen molar-refractivity contribution in [2.24, 2.45) is 0 Å². The quantitative estimate of drug-likeness (QED) is 0.850. The molecule has 0 aromatic heterocycles. The fourth-order valence-electron chi connectivity index (χ4n) is 2.41. The summed E-state index contributed by atoms with van der Waals surface area (Å²) in [6, 6.07) is 8.28. The lowest BCUT2D eigenvalue weighted by molar-refractivity contribution is 0.214. The highest BCUT2D eigenvalue weighted by Crippen LogP contribution is 2.23. The van der Waals surface area contributed by atoms with Crippen LogP contribution < -0.4 is 0 Å². The first-order valence-electron chi connectivity index (χ1n) is 6.19. The van der Waals surface area contributed by atoms with Crippen LogP contribution in [0.3, 0.4) is 0 Å². The molecule has 0 saturated carbocycles. The summed E-state index contributed by atoms with van der Waals surface area (Å²) in [6.07, 6.45) is 0.765. The van der Waals surface area contributed by atoms with Gasteiger partial charge in [-0.3, -0.25) is 4.90 Å². The molecule has 0 bridgehead atoms. The zero-order chi connectivity index (χ0) is 13.2. The third-order valence-electron chi connectivity index (χ3n) is 3.46. The first kappa shape index (κ1) is 14.0. The average molecular weight is 332 g/mol. The van der Waals surface area contributed by atoms with Crippen molar-refractivity contribution < 1.29 is 8.42 Å². The molecule has 1 aliphatic rings. The summed E-state index contributed by atoms with van der Waals surface area (Å²) >= 11 is 3.54. The molecule has 2 rings (SSSR count). The van der Waals surface area contributed by atoms with Gasteiger partial charge in [-0.05, 0) is 24.6 Å². The smallest absolute Gasteiger partial charge is 0.151 e. The largest absolute Gasteiger partial charge is 0.295 e. The van der Waals surface area contributed by atoms with Gasteiger partial charge >= 0.3 is 0 Å². The van der Waals surface area contributed by atoms with Gasteiger partial charge in [0.2, 0.25) is 0 Å². The second-order valence-electron chi connectivity index (χ2n) is 4.71. The molecule has 0 unspecified atom stereocenters. The van der Waals surface area contributed by atoms with Crippen molar-refractivity contribution >= 4 is 25.8 Å². The van der Waals surface area contributed by atoms with Crippen molar-refractivity contribution in [1.82, 2.24) is 4.90 Å². The van der Waals surface area contributed by atoms with E-state index in [0.717, 1.165) is 24.0 Å². The lowest BCUT2D eigenvalue weighted by Crippen LogP contribution is -2.35. The molecule has 0 radical (unpaired) electrons. The van der Waals surface area contributed by atoms with Crippen LogP contribution in [-0.2, 0) is 16.4 Å². The Balaban J connectivity index is 2.09. The van der Waals surface area contributed by atoms with E-state index in [4.69, 9.17) is 0 Å². The maximum absolute atomic E-state index is 11.5. The molecule has 1 aromatic carbocycles. The van der Waals surface area contributed by atoms with Crippen molar-refractivity contribution in [3.8, 4) is 0 Å². The van der Waals surface area contributed by atoms with Crippen LogP contribution in [0.2, 0.25) is 0 Å². The summed E-state index contributed by atoms with van der Waals surface area (Å²) in [5.74, 6) is 0.648. The molecule has 18 heavy (non-hydrogen) atoms. The minimum Gasteiger partial charge on any atom is -0.295 e. The van der Waals surface area contributed by atoms with E-state index in [1.54, 1.807) is 0 Å². The molecule has 0 N–H and O–H groups in total. The highest BCUT2D eigenvalue weighted by atomic mass is 79.9. The van der Waals surface area contributed by atoms with Crippen LogP contribution in [0.4, 0.5) is 0 Å². The van der Waals surface area contributed by atoms with Gasteiger partial charge in [0.15, 0.2) is 9.84 Å². The van der Waals surface area contributed by atoms with E-state index in [9.17, 15) is 8.42 Å². The van der Waals surface area contributed by atoms with E-state index in [1.807, 2.05) is 18.2 Å². The summed E-state index contributed by atoms with van der Waals surface area (Å²) in [6.45, 7) is 3.77. The molecular formula is C13H18BrNO2S. The van der Waals surface area contributed by atoms with E-state index in [2.05, 4.69) is 33.8 Å². The Morgan fingerprint density at radius 1 is 1.39 bits per heavy atom. The second kappa shape index (κ2) is 5.72. The van der Waals surface area contributed by atoms with Gasteiger partial charge in [-0.25, -0.2) is 8.42 Å². The van der Waals surface area contributed by atoms with E-state index in [1.165, 1.54) is 5.56 Å². The first-order chi connectivity index (χ1) is 8.52.